The lowest BCUT2D eigenvalue weighted by Crippen LogP contribution is -2.30. The average molecular weight is 496 g/mol. The monoisotopic (exact) mass is 495 g/mol. The summed E-state index contributed by atoms with van der Waals surface area (Å²) in [6.45, 7) is 2.49. The molecule has 0 saturated heterocycles. The number of hydrogen-bond acceptors (Lipinski definition) is 5. The van der Waals surface area contributed by atoms with Crippen molar-refractivity contribution in [2.45, 2.75) is 25.0 Å². The third kappa shape index (κ3) is 5.65. The Hall–Kier alpha value is -3.62. The van der Waals surface area contributed by atoms with Crippen LogP contribution in [0.25, 0.3) is 0 Å². The Morgan fingerprint density at radius 1 is 1.03 bits per heavy atom. The number of imidazole rings is 1. The van der Waals surface area contributed by atoms with Gasteiger partial charge in [0.1, 0.15) is 23.9 Å². The number of aromatic nitrogens is 2. The van der Waals surface area contributed by atoms with Crippen LogP contribution < -0.4 is 9.46 Å². The molecule has 7 nitrogen and oxygen atoms in total. The average Bonchev–Trinajstić information content (AvgIpc) is 3.20. The Morgan fingerprint density at radius 3 is 2.38 bits per heavy atom. The Morgan fingerprint density at radius 2 is 1.71 bits per heavy atom. The van der Waals surface area contributed by atoms with Crippen LogP contribution in [0.1, 0.15) is 27.4 Å². The first kappa shape index (κ1) is 23.5. The topological polar surface area (TPSA) is 90.3 Å². The van der Waals surface area contributed by atoms with Crippen molar-refractivity contribution in [1.29, 1.82) is 0 Å². The fourth-order valence-electron chi connectivity index (χ4n) is 3.29. The summed E-state index contributed by atoms with van der Waals surface area (Å²) in [7, 11) is -3.99. The van der Waals surface area contributed by atoms with Gasteiger partial charge in [-0.1, -0.05) is 60.1 Å². The number of sulfonamides is 1. The molecular weight excluding hydrogens is 474 g/mol. The van der Waals surface area contributed by atoms with Crippen molar-refractivity contribution in [3.8, 4) is 5.75 Å². The Labute approximate surface area is 203 Å². The second-order valence-corrected chi connectivity index (χ2v) is 9.67. The predicted octanol–water partition coefficient (Wildman–Crippen LogP) is 4.59. The number of nitrogens with zero attached hydrogens (tertiary/aromatic N) is 2. The van der Waals surface area contributed by atoms with Crippen LogP contribution in [0.2, 0.25) is 5.02 Å². The SMILES string of the molecule is Cc1nc(C(=O)NS(=O)(=O)c2ccccc2)cn1Cc1ccc(COc2ccccc2)cc1Cl. The van der Waals surface area contributed by atoms with E-state index in [1.807, 2.05) is 48.5 Å². The lowest BCUT2D eigenvalue weighted by atomic mass is 10.1. The summed E-state index contributed by atoms with van der Waals surface area (Å²) in [5.74, 6) is 0.525. The molecule has 0 aliphatic heterocycles. The van der Waals surface area contributed by atoms with Crippen molar-refractivity contribution < 1.29 is 17.9 Å². The second kappa shape index (κ2) is 10.1. The normalized spacial score (nSPS) is 11.2. The minimum Gasteiger partial charge on any atom is -0.489 e. The highest BCUT2D eigenvalue weighted by Gasteiger charge is 2.21. The molecule has 0 spiro atoms. The Kier molecular flexibility index (Phi) is 7.00. The van der Waals surface area contributed by atoms with Crippen LogP contribution in [0.3, 0.4) is 0 Å². The summed E-state index contributed by atoms with van der Waals surface area (Å²) in [5, 5.41) is 0.555. The zero-order chi connectivity index (χ0) is 24.1. The largest absolute Gasteiger partial charge is 0.489 e. The van der Waals surface area contributed by atoms with Crippen molar-refractivity contribution in [3.05, 3.63) is 113 Å². The number of para-hydroxylation sites is 1. The van der Waals surface area contributed by atoms with Crippen LogP contribution in [-0.2, 0) is 23.2 Å². The number of benzene rings is 3. The smallest absolute Gasteiger partial charge is 0.285 e. The number of nitrogens with one attached hydrogen (secondary N) is 1. The number of carbonyl (C=O) groups excluding carboxylic acids is 1. The predicted molar refractivity (Wildman–Crippen MR) is 129 cm³/mol. The zero-order valence-electron chi connectivity index (χ0n) is 18.3. The third-order valence-electron chi connectivity index (χ3n) is 5.10. The van der Waals surface area contributed by atoms with Gasteiger partial charge in [0.25, 0.3) is 15.9 Å². The standard InChI is InChI=1S/C25H22ClN3O4S/c1-18-27-24(25(30)28-34(31,32)22-10-6-3-7-11-22)16-29(18)15-20-13-12-19(14-23(20)26)17-33-21-8-4-2-5-9-21/h2-14,16H,15,17H2,1H3,(H,28,30). The van der Waals surface area contributed by atoms with E-state index >= 15 is 0 Å². The molecule has 0 bridgehead atoms. The van der Waals surface area contributed by atoms with Crippen LogP contribution >= 0.6 is 11.6 Å². The molecule has 0 unspecified atom stereocenters. The van der Waals surface area contributed by atoms with Gasteiger partial charge in [-0.15, -0.1) is 0 Å². The van der Waals surface area contributed by atoms with E-state index in [-0.39, 0.29) is 10.6 Å². The summed E-state index contributed by atoms with van der Waals surface area (Å²) in [4.78, 5) is 16.8. The molecule has 0 aliphatic rings. The summed E-state index contributed by atoms with van der Waals surface area (Å²) in [6, 6.07) is 22.9. The van der Waals surface area contributed by atoms with Crippen LogP contribution in [0.4, 0.5) is 0 Å². The Balaban J connectivity index is 1.44. The van der Waals surface area contributed by atoms with Crippen molar-refractivity contribution in [2.24, 2.45) is 0 Å². The van der Waals surface area contributed by atoms with E-state index in [4.69, 9.17) is 16.3 Å². The number of halogens is 1. The van der Waals surface area contributed by atoms with Crippen LogP contribution in [0, 0.1) is 6.92 Å². The van der Waals surface area contributed by atoms with Gasteiger partial charge in [-0.3, -0.25) is 4.79 Å². The van der Waals surface area contributed by atoms with Crippen molar-refractivity contribution in [1.82, 2.24) is 14.3 Å². The maximum Gasteiger partial charge on any atom is 0.285 e. The fourth-order valence-corrected chi connectivity index (χ4v) is 4.53. The number of hydrogen-bond donors (Lipinski definition) is 1. The van der Waals surface area contributed by atoms with E-state index in [0.717, 1.165) is 16.9 Å². The van der Waals surface area contributed by atoms with E-state index in [2.05, 4.69) is 9.71 Å². The van der Waals surface area contributed by atoms with Crippen LogP contribution in [0.5, 0.6) is 5.75 Å². The van der Waals surface area contributed by atoms with Gasteiger partial charge in [-0.05, 0) is 48.4 Å². The molecule has 0 radical (unpaired) electrons. The lowest BCUT2D eigenvalue weighted by Gasteiger charge is -2.10. The molecule has 4 aromatic rings. The minimum absolute atomic E-state index is 0.000935. The first-order valence-electron chi connectivity index (χ1n) is 10.4. The summed E-state index contributed by atoms with van der Waals surface area (Å²) >= 11 is 6.49. The van der Waals surface area contributed by atoms with Gasteiger partial charge in [-0.2, -0.15) is 0 Å². The van der Waals surface area contributed by atoms with Gasteiger partial charge in [-0.25, -0.2) is 18.1 Å². The van der Waals surface area contributed by atoms with Gasteiger partial charge >= 0.3 is 0 Å². The van der Waals surface area contributed by atoms with E-state index in [0.29, 0.717) is 24.0 Å². The molecule has 0 fully saturated rings. The molecule has 1 aromatic heterocycles. The quantitative estimate of drug-likeness (QED) is 0.386. The molecule has 174 valence electrons. The van der Waals surface area contributed by atoms with Gasteiger partial charge in [0.2, 0.25) is 0 Å². The van der Waals surface area contributed by atoms with Crippen LogP contribution in [-0.4, -0.2) is 23.9 Å². The highest BCUT2D eigenvalue weighted by molar-refractivity contribution is 7.90. The fraction of sp³-hybridized carbons (Fsp3) is 0.120. The molecule has 4 rings (SSSR count). The van der Waals surface area contributed by atoms with Gasteiger partial charge < -0.3 is 9.30 Å². The van der Waals surface area contributed by atoms with Crippen LogP contribution in [0.15, 0.2) is 90.0 Å². The minimum atomic E-state index is -3.99. The summed E-state index contributed by atoms with van der Waals surface area (Å²) in [5.41, 5.74) is 1.75. The van der Waals surface area contributed by atoms with Crippen molar-refractivity contribution in [3.63, 3.8) is 0 Å². The number of rotatable bonds is 8. The summed E-state index contributed by atoms with van der Waals surface area (Å²) in [6.07, 6.45) is 1.51. The second-order valence-electron chi connectivity index (χ2n) is 7.58. The molecule has 0 aliphatic carbocycles. The van der Waals surface area contributed by atoms with Crippen molar-refractivity contribution in [2.75, 3.05) is 0 Å². The van der Waals surface area contributed by atoms with E-state index in [1.54, 1.807) is 29.7 Å². The molecule has 3 aromatic carbocycles. The Bertz CT molecular complexity index is 1400. The van der Waals surface area contributed by atoms with Gasteiger partial charge in [0, 0.05) is 11.2 Å². The molecule has 1 amide bonds. The first-order valence-corrected chi connectivity index (χ1v) is 12.3. The summed E-state index contributed by atoms with van der Waals surface area (Å²) < 4.78 is 34.4. The molecule has 34 heavy (non-hydrogen) atoms. The maximum atomic E-state index is 12.5. The number of ether oxygens (including phenoxy) is 1. The molecular formula is C25H22ClN3O4S. The molecule has 0 saturated carbocycles. The number of carbonyl (C=O) groups is 1. The van der Waals surface area contributed by atoms with Crippen molar-refractivity contribution >= 4 is 27.5 Å². The highest BCUT2D eigenvalue weighted by atomic mass is 35.5. The number of aryl methyl sites for hydroxylation is 1. The molecule has 1 heterocycles. The van der Waals surface area contributed by atoms with E-state index < -0.39 is 15.9 Å². The third-order valence-corrected chi connectivity index (χ3v) is 6.79. The van der Waals surface area contributed by atoms with Gasteiger partial charge in [0.15, 0.2) is 0 Å². The first-order chi connectivity index (χ1) is 16.3. The zero-order valence-corrected chi connectivity index (χ0v) is 19.9. The van der Waals surface area contributed by atoms with E-state index in [1.165, 1.54) is 18.3 Å². The molecule has 0 atom stereocenters. The lowest BCUT2D eigenvalue weighted by molar-refractivity contribution is 0.0977. The van der Waals surface area contributed by atoms with Gasteiger partial charge in [0.05, 0.1) is 11.4 Å². The number of amides is 1. The molecule has 1 N–H and O–H groups in total. The maximum absolute atomic E-state index is 12.5. The highest BCUT2D eigenvalue weighted by Crippen LogP contribution is 2.21. The molecule has 9 heteroatoms. The van der Waals surface area contributed by atoms with E-state index in [9.17, 15) is 13.2 Å².